The molecule has 1 heteroatoms. The van der Waals surface area contributed by atoms with Crippen molar-refractivity contribution in [3.63, 3.8) is 0 Å². The minimum absolute atomic E-state index is 0.634. The van der Waals surface area contributed by atoms with Gasteiger partial charge in [-0.1, -0.05) is 48.5 Å². The average Bonchev–Trinajstić information content (AvgIpc) is 2.30. The first-order valence-corrected chi connectivity index (χ1v) is 4.85. The van der Waals surface area contributed by atoms with Crippen LogP contribution in [0.25, 0.3) is 11.1 Å². The molecule has 0 aliphatic rings. The van der Waals surface area contributed by atoms with Crippen LogP contribution in [0.15, 0.2) is 48.5 Å². The first-order valence-electron chi connectivity index (χ1n) is 4.85. The van der Waals surface area contributed by atoms with Crippen LogP contribution >= 0.6 is 0 Å². The van der Waals surface area contributed by atoms with Crippen molar-refractivity contribution in [3.8, 4) is 11.1 Å². The van der Waals surface area contributed by atoms with E-state index in [2.05, 4.69) is 12.1 Å². The van der Waals surface area contributed by atoms with Crippen LogP contribution in [0.2, 0.25) is 0 Å². The Labute approximate surface area is 89.4 Å². The van der Waals surface area contributed by atoms with Gasteiger partial charge in [-0.15, -0.1) is 0 Å². The summed E-state index contributed by atoms with van der Waals surface area (Å²) in [6.07, 6.45) is 1.92. The fourth-order valence-electron chi connectivity index (χ4n) is 1.59. The van der Waals surface area contributed by atoms with Crippen molar-refractivity contribution in [1.29, 1.82) is 0 Å². The summed E-state index contributed by atoms with van der Waals surface area (Å²) < 4.78 is 0. The molecule has 2 aromatic rings. The molecule has 2 rings (SSSR count). The molecule has 0 fully saturated rings. The third-order valence-corrected chi connectivity index (χ3v) is 2.44. The lowest BCUT2D eigenvalue weighted by Gasteiger charge is -2.03. The van der Waals surface area contributed by atoms with E-state index in [0.29, 0.717) is 5.56 Å². The minimum Gasteiger partial charge on any atom is -0.285 e. The molecular formula is C14H11O. The highest BCUT2D eigenvalue weighted by Crippen LogP contribution is 2.21. The van der Waals surface area contributed by atoms with Crippen LogP contribution < -0.4 is 0 Å². The molecule has 0 N–H and O–H groups in total. The molecule has 15 heavy (non-hydrogen) atoms. The summed E-state index contributed by atoms with van der Waals surface area (Å²) in [5, 5.41) is 0. The van der Waals surface area contributed by atoms with E-state index in [1.54, 1.807) is 0 Å². The SMILES string of the molecule is Cc1cc(-c2ccccc2)ccc1[C]=O. The highest BCUT2D eigenvalue weighted by Gasteiger charge is 2.01. The number of aryl methyl sites for hydroxylation is 1. The van der Waals surface area contributed by atoms with Gasteiger partial charge in [0.15, 0.2) is 0 Å². The Morgan fingerprint density at radius 3 is 2.27 bits per heavy atom. The molecule has 0 heterocycles. The van der Waals surface area contributed by atoms with Crippen molar-refractivity contribution in [2.75, 3.05) is 0 Å². The van der Waals surface area contributed by atoms with Crippen molar-refractivity contribution >= 4 is 6.29 Å². The third kappa shape index (κ3) is 1.96. The molecule has 0 unspecified atom stereocenters. The molecule has 73 valence electrons. The molecule has 0 aliphatic heterocycles. The zero-order valence-corrected chi connectivity index (χ0v) is 8.53. The number of hydrogen-bond donors (Lipinski definition) is 0. The smallest absolute Gasteiger partial charge is 0.233 e. The Kier molecular flexibility index (Phi) is 2.64. The molecule has 0 bridgehead atoms. The Hall–Kier alpha value is -1.89. The van der Waals surface area contributed by atoms with Gasteiger partial charge in [0.1, 0.15) is 0 Å². The van der Waals surface area contributed by atoms with Gasteiger partial charge in [-0.2, -0.15) is 0 Å². The van der Waals surface area contributed by atoms with E-state index in [0.717, 1.165) is 16.7 Å². The standard InChI is InChI=1S/C14H11O/c1-11-9-13(7-8-14(11)10-15)12-5-3-2-4-6-12/h2-9H,1H3. The number of benzene rings is 2. The van der Waals surface area contributed by atoms with Gasteiger partial charge in [-0.3, -0.25) is 4.79 Å². The number of hydrogen-bond acceptors (Lipinski definition) is 1. The highest BCUT2D eigenvalue weighted by molar-refractivity contribution is 5.79. The van der Waals surface area contributed by atoms with Gasteiger partial charge in [-0.25, -0.2) is 0 Å². The quantitative estimate of drug-likeness (QED) is 0.719. The average molecular weight is 195 g/mol. The van der Waals surface area contributed by atoms with E-state index in [1.807, 2.05) is 49.6 Å². The summed E-state index contributed by atoms with van der Waals surface area (Å²) >= 11 is 0. The number of rotatable bonds is 2. The summed E-state index contributed by atoms with van der Waals surface area (Å²) in [6.45, 7) is 1.92. The van der Waals surface area contributed by atoms with Crippen LogP contribution in [0.3, 0.4) is 0 Å². The normalized spacial score (nSPS) is 9.93. The molecular weight excluding hydrogens is 184 g/mol. The van der Waals surface area contributed by atoms with Crippen LogP contribution in [0.1, 0.15) is 11.1 Å². The van der Waals surface area contributed by atoms with Gasteiger partial charge < -0.3 is 0 Å². The van der Waals surface area contributed by atoms with Gasteiger partial charge in [0.2, 0.25) is 6.29 Å². The van der Waals surface area contributed by atoms with E-state index < -0.39 is 0 Å². The van der Waals surface area contributed by atoms with Gasteiger partial charge in [0.25, 0.3) is 0 Å². The molecule has 0 spiro atoms. The number of carbonyl (C=O) groups excluding carboxylic acids is 1. The van der Waals surface area contributed by atoms with Crippen LogP contribution in [-0.4, -0.2) is 6.29 Å². The fraction of sp³-hybridized carbons (Fsp3) is 0.0714. The van der Waals surface area contributed by atoms with Crippen LogP contribution in [0.4, 0.5) is 0 Å². The van der Waals surface area contributed by atoms with E-state index in [-0.39, 0.29) is 0 Å². The van der Waals surface area contributed by atoms with Crippen molar-refractivity contribution in [2.45, 2.75) is 6.92 Å². The van der Waals surface area contributed by atoms with E-state index in [1.165, 1.54) is 0 Å². The topological polar surface area (TPSA) is 17.1 Å². The van der Waals surface area contributed by atoms with E-state index in [4.69, 9.17) is 0 Å². The van der Waals surface area contributed by atoms with Crippen molar-refractivity contribution < 1.29 is 4.79 Å². The van der Waals surface area contributed by atoms with Gasteiger partial charge in [-0.05, 0) is 23.6 Å². The summed E-state index contributed by atoms with van der Waals surface area (Å²) in [5.41, 5.74) is 3.89. The first kappa shape index (κ1) is 9.66. The molecule has 0 saturated carbocycles. The molecule has 0 amide bonds. The van der Waals surface area contributed by atoms with Crippen molar-refractivity contribution in [3.05, 3.63) is 59.7 Å². The van der Waals surface area contributed by atoms with Crippen molar-refractivity contribution in [2.24, 2.45) is 0 Å². The molecule has 0 aliphatic carbocycles. The second-order valence-corrected chi connectivity index (χ2v) is 3.50. The molecule has 0 saturated heterocycles. The second kappa shape index (κ2) is 4.09. The maximum absolute atomic E-state index is 10.6. The largest absolute Gasteiger partial charge is 0.285 e. The zero-order chi connectivity index (χ0) is 10.7. The Bertz CT molecular complexity index is 472. The highest BCUT2D eigenvalue weighted by atomic mass is 16.1. The maximum Gasteiger partial charge on any atom is 0.233 e. The van der Waals surface area contributed by atoms with Gasteiger partial charge in [0, 0.05) is 5.56 Å². The summed E-state index contributed by atoms with van der Waals surface area (Å²) in [5.74, 6) is 0. The van der Waals surface area contributed by atoms with Gasteiger partial charge in [0.05, 0.1) is 0 Å². The van der Waals surface area contributed by atoms with Crippen LogP contribution in [0, 0.1) is 6.92 Å². The molecule has 0 atom stereocenters. The summed E-state index contributed by atoms with van der Waals surface area (Å²) in [4.78, 5) is 10.6. The first-order chi connectivity index (χ1) is 7.31. The Morgan fingerprint density at radius 2 is 1.67 bits per heavy atom. The Balaban J connectivity index is 2.47. The zero-order valence-electron chi connectivity index (χ0n) is 8.53. The lowest BCUT2D eigenvalue weighted by molar-refractivity contribution is 0.562. The van der Waals surface area contributed by atoms with Gasteiger partial charge >= 0.3 is 0 Å². The minimum atomic E-state index is 0.634. The lowest BCUT2D eigenvalue weighted by atomic mass is 10.0. The lowest BCUT2D eigenvalue weighted by Crippen LogP contribution is -1.87. The predicted molar refractivity (Wildman–Crippen MR) is 61.4 cm³/mol. The van der Waals surface area contributed by atoms with E-state index >= 15 is 0 Å². The van der Waals surface area contributed by atoms with Crippen LogP contribution in [-0.2, 0) is 4.79 Å². The molecule has 1 radical (unpaired) electrons. The maximum atomic E-state index is 10.6. The predicted octanol–water partition coefficient (Wildman–Crippen LogP) is 3.12. The van der Waals surface area contributed by atoms with E-state index in [9.17, 15) is 4.79 Å². The fourth-order valence-corrected chi connectivity index (χ4v) is 1.59. The molecule has 2 aromatic carbocycles. The second-order valence-electron chi connectivity index (χ2n) is 3.50. The summed E-state index contributed by atoms with van der Waals surface area (Å²) in [6, 6.07) is 15.9. The molecule has 0 aromatic heterocycles. The monoisotopic (exact) mass is 195 g/mol. The van der Waals surface area contributed by atoms with Crippen LogP contribution in [0.5, 0.6) is 0 Å². The summed E-state index contributed by atoms with van der Waals surface area (Å²) in [7, 11) is 0. The van der Waals surface area contributed by atoms with Crippen molar-refractivity contribution in [1.82, 2.24) is 0 Å². The molecule has 1 nitrogen and oxygen atoms in total. The third-order valence-electron chi connectivity index (χ3n) is 2.44. The Morgan fingerprint density at radius 1 is 0.933 bits per heavy atom.